The Morgan fingerprint density at radius 3 is 2.41 bits per heavy atom. The van der Waals surface area contributed by atoms with Gasteiger partial charge in [0.1, 0.15) is 17.5 Å². The maximum absolute atomic E-state index is 12.8. The van der Waals surface area contributed by atoms with Crippen LogP contribution in [0, 0.1) is 0 Å². The smallest absolute Gasteiger partial charge is 0.244 e. The Morgan fingerprint density at radius 2 is 1.69 bits per heavy atom. The molecule has 0 fully saturated rings. The fraction of sp³-hybridized carbons (Fsp3) is 0.167. The van der Waals surface area contributed by atoms with E-state index < -0.39 is 6.04 Å². The van der Waals surface area contributed by atoms with Crippen molar-refractivity contribution < 1.29 is 9.53 Å². The summed E-state index contributed by atoms with van der Waals surface area (Å²) in [6, 6.07) is 25.3. The van der Waals surface area contributed by atoms with Crippen molar-refractivity contribution in [3.8, 4) is 17.0 Å². The van der Waals surface area contributed by atoms with Crippen LogP contribution in [0.1, 0.15) is 18.5 Å². The second-order valence-electron chi connectivity index (χ2n) is 6.92. The highest BCUT2D eigenvalue weighted by Gasteiger charge is 2.20. The molecule has 5 nitrogen and oxygen atoms in total. The monoisotopic (exact) mass is 385 g/mol. The van der Waals surface area contributed by atoms with E-state index in [0.29, 0.717) is 6.54 Å². The van der Waals surface area contributed by atoms with Crippen molar-refractivity contribution >= 4 is 16.8 Å². The van der Waals surface area contributed by atoms with E-state index in [1.165, 1.54) is 0 Å². The molecule has 29 heavy (non-hydrogen) atoms. The quantitative estimate of drug-likeness (QED) is 0.528. The second-order valence-corrected chi connectivity index (χ2v) is 6.92. The predicted molar refractivity (Wildman–Crippen MR) is 115 cm³/mol. The number of para-hydroxylation sites is 1. The van der Waals surface area contributed by atoms with Crippen LogP contribution in [-0.4, -0.2) is 22.8 Å². The van der Waals surface area contributed by atoms with Crippen LogP contribution in [0.5, 0.6) is 5.75 Å². The minimum Gasteiger partial charge on any atom is -0.497 e. The standard InChI is InChI=1S/C24H23N3O2/c1-17(24(28)25-16-18-12-14-20(29-2)15-13-18)27-22-11-7-6-10-21(22)23(26-27)19-8-4-3-5-9-19/h3-15,17H,16H2,1-2H3,(H,25,28)/t17-/m1/s1. The van der Waals surface area contributed by atoms with E-state index in [1.54, 1.807) is 11.8 Å². The molecule has 1 aromatic heterocycles. The Kier molecular flexibility index (Phi) is 5.29. The minimum atomic E-state index is -0.435. The fourth-order valence-corrected chi connectivity index (χ4v) is 3.38. The van der Waals surface area contributed by atoms with Gasteiger partial charge in [0, 0.05) is 17.5 Å². The first kappa shape index (κ1) is 18.7. The Morgan fingerprint density at radius 1 is 1.00 bits per heavy atom. The average Bonchev–Trinajstić information content (AvgIpc) is 3.17. The van der Waals surface area contributed by atoms with Crippen LogP contribution in [0.3, 0.4) is 0 Å². The number of methoxy groups -OCH3 is 1. The van der Waals surface area contributed by atoms with Crippen molar-refractivity contribution in [2.45, 2.75) is 19.5 Å². The van der Waals surface area contributed by atoms with E-state index in [0.717, 1.165) is 33.5 Å². The predicted octanol–water partition coefficient (Wildman–Crippen LogP) is 4.59. The first-order chi connectivity index (χ1) is 14.2. The van der Waals surface area contributed by atoms with Gasteiger partial charge in [-0.05, 0) is 30.7 Å². The lowest BCUT2D eigenvalue weighted by molar-refractivity contribution is -0.124. The van der Waals surface area contributed by atoms with Gasteiger partial charge in [-0.25, -0.2) is 0 Å². The summed E-state index contributed by atoms with van der Waals surface area (Å²) in [4.78, 5) is 12.8. The molecule has 1 heterocycles. The molecule has 0 aliphatic heterocycles. The maximum atomic E-state index is 12.8. The summed E-state index contributed by atoms with van der Waals surface area (Å²) in [6.07, 6.45) is 0. The molecule has 0 aliphatic rings. The lowest BCUT2D eigenvalue weighted by atomic mass is 10.1. The molecule has 146 valence electrons. The van der Waals surface area contributed by atoms with Gasteiger partial charge in [0.15, 0.2) is 0 Å². The Hall–Kier alpha value is -3.60. The number of hydrogen-bond acceptors (Lipinski definition) is 3. The Balaban J connectivity index is 1.57. The van der Waals surface area contributed by atoms with Gasteiger partial charge in [-0.2, -0.15) is 5.10 Å². The van der Waals surface area contributed by atoms with Crippen molar-refractivity contribution in [3.05, 3.63) is 84.4 Å². The minimum absolute atomic E-state index is 0.0753. The number of rotatable bonds is 6. The van der Waals surface area contributed by atoms with Crippen molar-refractivity contribution in [1.82, 2.24) is 15.1 Å². The molecular formula is C24H23N3O2. The third-order valence-corrected chi connectivity index (χ3v) is 5.03. The average molecular weight is 385 g/mol. The molecule has 0 saturated heterocycles. The van der Waals surface area contributed by atoms with E-state index in [1.807, 2.05) is 85.8 Å². The summed E-state index contributed by atoms with van der Waals surface area (Å²) in [7, 11) is 1.64. The van der Waals surface area contributed by atoms with Crippen LogP contribution in [0.2, 0.25) is 0 Å². The van der Waals surface area contributed by atoms with Gasteiger partial charge in [-0.15, -0.1) is 0 Å². The summed E-state index contributed by atoms with van der Waals surface area (Å²) >= 11 is 0. The highest BCUT2D eigenvalue weighted by molar-refractivity contribution is 5.94. The summed E-state index contributed by atoms with van der Waals surface area (Å²) in [5.41, 5.74) is 3.88. The summed E-state index contributed by atoms with van der Waals surface area (Å²) in [5, 5.41) is 8.84. The summed E-state index contributed by atoms with van der Waals surface area (Å²) in [5.74, 6) is 0.721. The van der Waals surface area contributed by atoms with Crippen LogP contribution in [0.4, 0.5) is 0 Å². The first-order valence-corrected chi connectivity index (χ1v) is 9.60. The van der Waals surface area contributed by atoms with Crippen LogP contribution in [0.15, 0.2) is 78.9 Å². The number of fused-ring (bicyclic) bond motifs is 1. The topological polar surface area (TPSA) is 56.1 Å². The fourth-order valence-electron chi connectivity index (χ4n) is 3.38. The number of hydrogen-bond donors (Lipinski definition) is 1. The molecule has 3 aromatic carbocycles. The van der Waals surface area contributed by atoms with Crippen LogP contribution in [0.25, 0.3) is 22.2 Å². The van der Waals surface area contributed by atoms with Gasteiger partial charge >= 0.3 is 0 Å². The van der Waals surface area contributed by atoms with Gasteiger partial charge in [0.25, 0.3) is 0 Å². The number of nitrogens with one attached hydrogen (secondary N) is 1. The van der Waals surface area contributed by atoms with Crippen molar-refractivity contribution in [2.75, 3.05) is 7.11 Å². The van der Waals surface area contributed by atoms with Crippen LogP contribution >= 0.6 is 0 Å². The van der Waals surface area contributed by atoms with Gasteiger partial charge in [0.2, 0.25) is 5.91 Å². The van der Waals surface area contributed by atoms with Crippen molar-refractivity contribution in [1.29, 1.82) is 0 Å². The Labute approximate surface area is 169 Å². The van der Waals surface area contributed by atoms with Gasteiger partial charge in [-0.3, -0.25) is 9.48 Å². The highest BCUT2D eigenvalue weighted by Crippen LogP contribution is 2.29. The molecule has 1 atom stereocenters. The molecule has 4 aromatic rings. The highest BCUT2D eigenvalue weighted by atomic mass is 16.5. The number of amides is 1. The summed E-state index contributed by atoms with van der Waals surface area (Å²) < 4.78 is 6.98. The summed E-state index contributed by atoms with van der Waals surface area (Å²) in [6.45, 7) is 2.33. The number of ether oxygens (including phenoxy) is 1. The largest absolute Gasteiger partial charge is 0.497 e. The second kappa shape index (κ2) is 8.19. The lowest BCUT2D eigenvalue weighted by Gasteiger charge is -2.14. The van der Waals surface area contributed by atoms with Gasteiger partial charge in [0.05, 0.1) is 12.6 Å². The maximum Gasteiger partial charge on any atom is 0.244 e. The number of carbonyl (C=O) groups excluding carboxylic acids is 1. The van der Waals surface area contributed by atoms with Crippen LogP contribution < -0.4 is 10.1 Å². The normalized spacial score (nSPS) is 11.9. The zero-order valence-corrected chi connectivity index (χ0v) is 16.5. The molecule has 5 heteroatoms. The van der Waals surface area contributed by atoms with Gasteiger partial charge in [-0.1, -0.05) is 60.7 Å². The molecule has 0 spiro atoms. The molecule has 0 aliphatic carbocycles. The van der Waals surface area contributed by atoms with E-state index >= 15 is 0 Å². The van der Waals surface area contributed by atoms with E-state index in [9.17, 15) is 4.79 Å². The number of nitrogens with zero attached hydrogens (tertiary/aromatic N) is 2. The van der Waals surface area contributed by atoms with E-state index in [2.05, 4.69) is 5.32 Å². The van der Waals surface area contributed by atoms with Crippen LogP contribution in [-0.2, 0) is 11.3 Å². The lowest BCUT2D eigenvalue weighted by Crippen LogP contribution is -2.31. The van der Waals surface area contributed by atoms with Crippen molar-refractivity contribution in [2.24, 2.45) is 0 Å². The van der Waals surface area contributed by atoms with E-state index in [-0.39, 0.29) is 5.91 Å². The number of benzene rings is 3. The SMILES string of the molecule is COc1ccc(CNC(=O)[C@@H](C)n2nc(-c3ccccc3)c3ccccc32)cc1. The molecule has 0 saturated carbocycles. The molecule has 4 rings (SSSR count). The zero-order valence-electron chi connectivity index (χ0n) is 16.5. The van der Waals surface area contributed by atoms with E-state index in [4.69, 9.17) is 9.84 Å². The zero-order chi connectivity index (χ0) is 20.2. The number of aromatic nitrogens is 2. The third kappa shape index (κ3) is 3.85. The van der Waals surface area contributed by atoms with Crippen molar-refractivity contribution in [3.63, 3.8) is 0 Å². The van der Waals surface area contributed by atoms with Gasteiger partial charge < -0.3 is 10.1 Å². The molecule has 0 radical (unpaired) electrons. The molecule has 1 N–H and O–H groups in total. The molecule has 0 bridgehead atoms. The third-order valence-electron chi connectivity index (χ3n) is 5.03. The Bertz CT molecular complexity index is 1120. The number of carbonyl (C=O) groups is 1. The molecule has 1 amide bonds. The first-order valence-electron chi connectivity index (χ1n) is 9.60. The molecule has 0 unspecified atom stereocenters. The molecular weight excluding hydrogens is 362 g/mol.